The van der Waals surface area contributed by atoms with Crippen molar-refractivity contribution in [1.29, 1.82) is 0 Å². The van der Waals surface area contributed by atoms with Crippen molar-refractivity contribution >= 4 is 33.4 Å². The molecular weight excluding hydrogens is 454 g/mol. The Morgan fingerprint density at radius 2 is 1.56 bits per heavy atom. The molecule has 8 nitrogen and oxygen atoms in total. The van der Waals surface area contributed by atoms with Crippen molar-refractivity contribution in [2.45, 2.75) is 45.1 Å². The number of piperidine rings is 1. The number of hydrogen-bond donors (Lipinski definition) is 1. The second kappa shape index (κ2) is 8.96. The van der Waals surface area contributed by atoms with Gasteiger partial charge in [0.1, 0.15) is 6.04 Å². The third-order valence-electron chi connectivity index (χ3n) is 6.44. The van der Waals surface area contributed by atoms with Crippen LogP contribution in [-0.2, 0) is 14.8 Å². The molecule has 0 unspecified atom stereocenters. The lowest BCUT2D eigenvalue weighted by Gasteiger charge is -2.34. The highest BCUT2D eigenvalue weighted by Gasteiger charge is 2.41. The van der Waals surface area contributed by atoms with Gasteiger partial charge in [-0.3, -0.25) is 19.3 Å². The largest absolute Gasteiger partial charge is 0.324 e. The van der Waals surface area contributed by atoms with Gasteiger partial charge in [-0.05, 0) is 68.5 Å². The minimum absolute atomic E-state index is 0.163. The highest BCUT2D eigenvalue weighted by atomic mass is 32.2. The van der Waals surface area contributed by atoms with E-state index in [1.807, 2.05) is 20.8 Å². The second-order valence-electron chi connectivity index (χ2n) is 9.49. The highest BCUT2D eigenvalue weighted by Crippen LogP contribution is 2.28. The third kappa shape index (κ3) is 4.37. The molecule has 1 fully saturated rings. The van der Waals surface area contributed by atoms with Gasteiger partial charge < -0.3 is 5.32 Å². The molecule has 34 heavy (non-hydrogen) atoms. The molecule has 9 heteroatoms. The predicted molar refractivity (Wildman–Crippen MR) is 128 cm³/mol. The maximum atomic E-state index is 13.1. The minimum Gasteiger partial charge on any atom is -0.324 e. The van der Waals surface area contributed by atoms with Gasteiger partial charge in [-0.2, -0.15) is 4.31 Å². The number of carbonyl (C=O) groups is 3. The number of imide groups is 1. The van der Waals surface area contributed by atoms with Crippen LogP contribution in [0.1, 0.15) is 53.5 Å². The fraction of sp³-hybridized carbons (Fsp3) is 0.400. The Hall–Kier alpha value is -3.04. The summed E-state index contributed by atoms with van der Waals surface area (Å²) in [6.07, 6.45) is 1.00. The van der Waals surface area contributed by atoms with Crippen molar-refractivity contribution in [1.82, 2.24) is 9.21 Å². The molecule has 2 aromatic rings. The molecule has 2 aliphatic rings. The number of amides is 3. The van der Waals surface area contributed by atoms with Crippen LogP contribution >= 0.6 is 0 Å². The Bertz CT molecular complexity index is 1250. The summed E-state index contributed by atoms with van der Waals surface area (Å²) in [5.74, 6) is -0.957. The third-order valence-corrected chi connectivity index (χ3v) is 8.28. The molecule has 0 bridgehead atoms. The maximum Gasteiger partial charge on any atom is 0.262 e. The number of nitrogens with zero attached hydrogens (tertiary/aromatic N) is 2. The van der Waals surface area contributed by atoms with Crippen LogP contribution in [0.25, 0.3) is 0 Å². The Kier molecular flexibility index (Phi) is 6.35. The van der Waals surface area contributed by atoms with E-state index in [0.29, 0.717) is 36.2 Å². The molecule has 2 aromatic carbocycles. The highest BCUT2D eigenvalue weighted by molar-refractivity contribution is 7.89. The van der Waals surface area contributed by atoms with Crippen molar-refractivity contribution in [3.63, 3.8) is 0 Å². The number of benzene rings is 2. The van der Waals surface area contributed by atoms with Crippen molar-refractivity contribution in [2.24, 2.45) is 11.8 Å². The molecule has 1 saturated heterocycles. The van der Waals surface area contributed by atoms with E-state index in [1.165, 1.54) is 35.5 Å². The quantitative estimate of drug-likeness (QED) is 0.658. The molecule has 0 aromatic heterocycles. The zero-order valence-corrected chi connectivity index (χ0v) is 20.6. The lowest BCUT2D eigenvalue weighted by molar-refractivity contribution is -0.119. The molecule has 3 atom stereocenters. The van der Waals surface area contributed by atoms with Gasteiger partial charge in [0.2, 0.25) is 15.9 Å². The summed E-state index contributed by atoms with van der Waals surface area (Å²) in [7, 11) is -3.63. The number of nitrogens with one attached hydrogen (secondary N) is 1. The van der Waals surface area contributed by atoms with Crippen LogP contribution in [0.3, 0.4) is 0 Å². The van der Waals surface area contributed by atoms with Gasteiger partial charge >= 0.3 is 0 Å². The molecule has 4 rings (SSSR count). The van der Waals surface area contributed by atoms with E-state index in [2.05, 4.69) is 5.32 Å². The van der Waals surface area contributed by atoms with Gasteiger partial charge in [0, 0.05) is 18.8 Å². The molecule has 0 aliphatic carbocycles. The Balaban J connectivity index is 1.46. The standard InChI is InChI=1S/C25H29N3O5S/c1-15-5-10-21-22(12-15)25(31)28(24(21)30)18(4)23(29)26-19-6-8-20(9-7-19)34(32,33)27-13-16(2)11-17(3)14-27/h5-10,12,16-18H,11,13-14H2,1-4H3,(H,26,29)/t16-,17+,18-/m0/s1. The molecule has 0 saturated carbocycles. The van der Waals surface area contributed by atoms with E-state index < -0.39 is 33.8 Å². The van der Waals surface area contributed by atoms with Crippen molar-refractivity contribution in [3.05, 3.63) is 59.2 Å². The van der Waals surface area contributed by atoms with Crippen LogP contribution in [0.4, 0.5) is 5.69 Å². The second-order valence-corrected chi connectivity index (χ2v) is 11.4. The maximum absolute atomic E-state index is 13.1. The summed E-state index contributed by atoms with van der Waals surface area (Å²) in [5, 5.41) is 2.68. The van der Waals surface area contributed by atoms with Crippen molar-refractivity contribution < 1.29 is 22.8 Å². The van der Waals surface area contributed by atoms with E-state index in [4.69, 9.17) is 0 Å². The number of aryl methyl sites for hydroxylation is 1. The molecule has 0 radical (unpaired) electrons. The van der Waals surface area contributed by atoms with Crippen LogP contribution in [0.5, 0.6) is 0 Å². The normalized spacial score (nSPS) is 21.9. The minimum atomic E-state index is -3.63. The average molecular weight is 484 g/mol. The van der Waals surface area contributed by atoms with Crippen LogP contribution in [0.15, 0.2) is 47.4 Å². The first-order chi connectivity index (χ1) is 16.0. The number of rotatable bonds is 5. The smallest absolute Gasteiger partial charge is 0.262 e. The fourth-order valence-corrected chi connectivity index (χ4v) is 6.43. The van der Waals surface area contributed by atoms with Crippen LogP contribution < -0.4 is 5.32 Å². The van der Waals surface area contributed by atoms with Crippen molar-refractivity contribution in [2.75, 3.05) is 18.4 Å². The summed E-state index contributed by atoms with van der Waals surface area (Å²) < 4.78 is 27.6. The molecule has 2 aliphatic heterocycles. The molecule has 180 valence electrons. The van der Waals surface area contributed by atoms with Crippen LogP contribution in [0, 0.1) is 18.8 Å². The monoisotopic (exact) mass is 483 g/mol. The molecular formula is C25H29N3O5S. The Morgan fingerprint density at radius 3 is 2.18 bits per heavy atom. The number of carbonyl (C=O) groups excluding carboxylic acids is 3. The van der Waals surface area contributed by atoms with Crippen LogP contribution in [-0.4, -0.2) is 54.5 Å². The average Bonchev–Trinajstić information content (AvgIpc) is 3.02. The van der Waals surface area contributed by atoms with Gasteiger partial charge in [0.25, 0.3) is 11.8 Å². The summed E-state index contributed by atoms with van der Waals surface area (Å²) in [5.41, 5.74) is 1.80. The number of sulfonamides is 1. The summed E-state index contributed by atoms with van der Waals surface area (Å²) >= 11 is 0. The first kappa shape index (κ1) is 24.1. The number of fused-ring (bicyclic) bond motifs is 1. The van der Waals surface area contributed by atoms with Gasteiger partial charge in [0.05, 0.1) is 16.0 Å². The summed E-state index contributed by atoms with van der Waals surface area (Å²) in [4.78, 5) is 39.4. The summed E-state index contributed by atoms with van der Waals surface area (Å²) in [6, 6.07) is 9.91. The molecule has 2 heterocycles. The van der Waals surface area contributed by atoms with Gasteiger partial charge in [-0.25, -0.2) is 8.42 Å². The van der Waals surface area contributed by atoms with E-state index in [9.17, 15) is 22.8 Å². The van der Waals surface area contributed by atoms with E-state index in [0.717, 1.165) is 16.9 Å². The SMILES string of the molecule is Cc1ccc2c(c1)C(=O)N([C@@H](C)C(=O)Nc1ccc(S(=O)(=O)N3C[C@H](C)C[C@H](C)C3)cc1)C2=O. The first-order valence-electron chi connectivity index (χ1n) is 11.4. The van der Waals surface area contributed by atoms with E-state index in [1.54, 1.807) is 18.2 Å². The number of anilines is 1. The fourth-order valence-electron chi connectivity index (χ4n) is 4.75. The van der Waals surface area contributed by atoms with Gasteiger partial charge in [-0.1, -0.05) is 25.5 Å². The lowest BCUT2D eigenvalue weighted by Crippen LogP contribution is -2.45. The predicted octanol–water partition coefficient (Wildman–Crippen LogP) is 3.28. The van der Waals surface area contributed by atoms with Gasteiger partial charge in [0.15, 0.2) is 0 Å². The number of hydrogen-bond acceptors (Lipinski definition) is 5. The topological polar surface area (TPSA) is 104 Å². The van der Waals surface area contributed by atoms with Crippen molar-refractivity contribution in [3.8, 4) is 0 Å². The van der Waals surface area contributed by atoms with E-state index in [-0.39, 0.29) is 10.5 Å². The van der Waals surface area contributed by atoms with Crippen LogP contribution in [0.2, 0.25) is 0 Å². The zero-order chi connectivity index (χ0) is 24.8. The van der Waals surface area contributed by atoms with Gasteiger partial charge in [-0.15, -0.1) is 0 Å². The molecule has 1 N–H and O–H groups in total. The molecule has 3 amide bonds. The summed E-state index contributed by atoms with van der Waals surface area (Å²) in [6.45, 7) is 8.39. The Morgan fingerprint density at radius 1 is 0.971 bits per heavy atom. The zero-order valence-electron chi connectivity index (χ0n) is 19.7. The lowest BCUT2D eigenvalue weighted by atomic mass is 9.94. The molecule has 0 spiro atoms. The first-order valence-corrected chi connectivity index (χ1v) is 12.8. The Labute approximate surface area is 200 Å². The van der Waals surface area contributed by atoms with E-state index >= 15 is 0 Å².